The standard InChI is InChI=1S/C20H27ClN4O4/c1-13-11-24(12-14(2)29-13)9-7-22-19(27)20(28)23-17-10-15(5-6-16(17)21)25-8-3-4-18(25)26/h5-6,10,13-14H,3-4,7-9,11-12H2,1-2H3,(H,22,27)(H,23,28)/t13-,14-/m1/s1. The van der Waals surface area contributed by atoms with Crippen LogP contribution in [0.1, 0.15) is 26.7 Å². The Kier molecular flexibility index (Phi) is 7.10. The highest BCUT2D eigenvalue weighted by atomic mass is 35.5. The fourth-order valence-electron chi connectivity index (χ4n) is 3.75. The smallest absolute Gasteiger partial charge is 0.313 e. The van der Waals surface area contributed by atoms with Crippen LogP contribution in [0.3, 0.4) is 0 Å². The maximum atomic E-state index is 12.3. The summed E-state index contributed by atoms with van der Waals surface area (Å²) in [6.45, 7) is 7.26. The van der Waals surface area contributed by atoms with E-state index in [9.17, 15) is 14.4 Å². The van der Waals surface area contributed by atoms with E-state index in [1.54, 1.807) is 23.1 Å². The number of morpholine rings is 1. The van der Waals surface area contributed by atoms with E-state index < -0.39 is 11.8 Å². The van der Waals surface area contributed by atoms with E-state index in [0.29, 0.717) is 42.5 Å². The number of ether oxygens (including phenoxy) is 1. The zero-order valence-corrected chi connectivity index (χ0v) is 17.5. The Balaban J connectivity index is 1.51. The van der Waals surface area contributed by atoms with Crippen LogP contribution in [0, 0.1) is 0 Å². The van der Waals surface area contributed by atoms with E-state index in [1.165, 1.54) is 0 Å². The van der Waals surface area contributed by atoms with E-state index >= 15 is 0 Å². The van der Waals surface area contributed by atoms with Gasteiger partial charge in [0.15, 0.2) is 0 Å². The molecule has 2 atom stereocenters. The first-order valence-corrected chi connectivity index (χ1v) is 10.3. The molecule has 2 N–H and O–H groups in total. The van der Waals surface area contributed by atoms with Gasteiger partial charge < -0.3 is 20.3 Å². The molecule has 0 bridgehead atoms. The van der Waals surface area contributed by atoms with Crippen molar-refractivity contribution in [3.05, 3.63) is 23.2 Å². The summed E-state index contributed by atoms with van der Waals surface area (Å²) < 4.78 is 5.68. The Bertz CT molecular complexity index is 778. The molecule has 1 aromatic rings. The number of hydrogen-bond donors (Lipinski definition) is 2. The monoisotopic (exact) mass is 422 g/mol. The third-order valence-electron chi connectivity index (χ3n) is 5.00. The lowest BCUT2D eigenvalue weighted by atomic mass is 10.2. The SMILES string of the molecule is C[C@@H]1CN(CCNC(=O)C(=O)Nc2cc(N3CCCC3=O)ccc2Cl)C[C@@H](C)O1. The van der Waals surface area contributed by atoms with Gasteiger partial charge in [-0.15, -0.1) is 0 Å². The van der Waals surface area contributed by atoms with Crippen LogP contribution in [0.4, 0.5) is 11.4 Å². The predicted molar refractivity (Wildman–Crippen MR) is 111 cm³/mol. The summed E-state index contributed by atoms with van der Waals surface area (Å²) in [5, 5.41) is 5.48. The average Bonchev–Trinajstić information content (AvgIpc) is 3.08. The maximum absolute atomic E-state index is 12.3. The molecule has 0 aliphatic carbocycles. The molecule has 0 spiro atoms. The van der Waals surface area contributed by atoms with E-state index in [1.807, 2.05) is 13.8 Å². The summed E-state index contributed by atoms with van der Waals surface area (Å²) in [7, 11) is 0. The summed E-state index contributed by atoms with van der Waals surface area (Å²) in [6, 6.07) is 4.95. The molecule has 0 radical (unpaired) electrons. The minimum Gasteiger partial charge on any atom is -0.373 e. The molecule has 8 nitrogen and oxygen atoms in total. The normalized spacial score (nSPS) is 22.6. The Hall–Kier alpha value is -2.16. The van der Waals surface area contributed by atoms with E-state index in [-0.39, 0.29) is 18.1 Å². The highest BCUT2D eigenvalue weighted by molar-refractivity contribution is 6.41. The van der Waals surface area contributed by atoms with Crippen molar-refractivity contribution in [3.63, 3.8) is 0 Å². The molecule has 158 valence electrons. The Morgan fingerprint density at radius 1 is 1.21 bits per heavy atom. The van der Waals surface area contributed by atoms with E-state index in [4.69, 9.17) is 16.3 Å². The lowest BCUT2D eigenvalue weighted by molar-refractivity contribution is -0.136. The molecule has 9 heteroatoms. The molecule has 29 heavy (non-hydrogen) atoms. The number of nitrogens with one attached hydrogen (secondary N) is 2. The van der Waals surface area contributed by atoms with Crippen LogP contribution in [0.2, 0.25) is 5.02 Å². The van der Waals surface area contributed by atoms with Crippen molar-refractivity contribution >= 4 is 40.7 Å². The molecule has 0 unspecified atom stereocenters. The molecule has 2 fully saturated rings. The number of halogens is 1. The highest BCUT2D eigenvalue weighted by Gasteiger charge is 2.24. The summed E-state index contributed by atoms with van der Waals surface area (Å²) in [5.41, 5.74) is 0.961. The van der Waals surface area contributed by atoms with Gasteiger partial charge in [-0.05, 0) is 38.5 Å². The summed E-state index contributed by atoms with van der Waals surface area (Å²) >= 11 is 6.15. The molecule has 0 aromatic heterocycles. The van der Waals surface area contributed by atoms with Gasteiger partial charge in [-0.25, -0.2) is 0 Å². The highest BCUT2D eigenvalue weighted by Crippen LogP contribution is 2.29. The Morgan fingerprint density at radius 2 is 1.93 bits per heavy atom. The van der Waals surface area contributed by atoms with Crippen LogP contribution in [-0.4, -0.2) is 67.6 Å². The molecule has 3 rings (SSSR count). The van der Waals surface area contributed by atoms with E-state index in [0.717, 1.165) is 19.5 Å². The second-order valence-corrected chi connectivity index (χ2v) is 7.95. The topological polar surface area (TPSA) is 91.0 Å². The van der Waals surface area contributed by atoms with Crippen molar-refractivity contribution in [2.24, 2.45) is 0 Å². The summed E-state index contributed by atoms with van der Waals surface area (Å²) in [6.07, 6.45) is 1.60. The number of rotatable bonds is 5. The van der Waals surface area contributed by atoms with Crippen LogP contribution in [0.25, 0.3) is 0 Å². The van der Waals surface area contributed by atoms with Gasteiger partial charge in [-0.1, -0.05) is 11.6 Å². The van der Waals surface area contributed by atoms with Gasteiger partial charge in [0.05, 0.1) is 22.9 Å². The van der Waals surface area contributed by atoms with Gasteiger partial charge in [0.1, 0.15) is 0 Å². The summed E-state index contributed by atoms with van der Waals surface area (Å²) in [5.74, 6) is -1.48. The minimum absolute atomic E-state index is 0.0362. The second kappa shape index (κ2) is 9.56. The largest absolute Gasteiger partial charge is 0.373 e. The van der Waals surface area contributed by atoms with Crippen molar-refractivity contribution in [2.45, 2.75) is 38.9 Å². The lowest BCUT2D eigenvalue weighted by Gasteiger charge is -2.35. The number of anilines is 2. The van der Waals surface area contributed by atoms with Crippen LogP contribution in [0.15, 0.2) is 18.2 Å². The molecule has 3 amide bonds. The minimum atomic E-state index is -0.791. The molecule has 1 aromatic carbocycles. The molecule has 2 aliphatic rings. The second-order valence-electron chi connectivity index (χ2n) is 7.54. The quantitative estimate of drug-likeness (QED) is 0.704. The first-order valence-electron chi connectivity index (χ1n) is 9.90. The van der Waals surface area contributed by atoms with Crippen LogP contribution >= 0.6 is 11.6 Å². The first kappa shape index (κ1) is 21.5. The van der Waals surface area contributed by atoms with Gasteiger partial charge >= 0.3 is 11.8 Å². The van der Waals surface area contributed by atoms with Gasteiger partial charge in [-0.3, -0.25) is 19.3 Å². The van der Waals surface area contributed by atoms with Crippen molar-refractivity contribution < 1.29 is 19.1 Å². The third kappa shape index (κ3) is 5.68. The van der Waals surface area contributed by atoms with Crippen molar-refractivity contribution in [2.75, 3.05) is 42.9 Å². The molecule has 2 saturated heterocycles. The molecule has 0 saturated carbocycles. The summed E-state index contributed by atoms with van der Waals surface area (Å²) in [4.78, 5) is 40.2. The zero-order valence-electron chi connectivity index (χ0n) is 16.7. The number of carbonyl (C=O) groups is 3. The molecule has 2 aliphatic heterocycles. The number of hydrogen-bond acceptors (Lipinski definition) is 5. The van der Waals surface area contributed by atoms with Gasteiger partial charge in [0, 0.05) is 44.8 Å². The molecule has 2 heterocycles. The number of nitrogens with zero attached hydrogens (tertiary/aromatic N) is 2. The van der Waals surface area contributed by atoms with Gasteiger partial charge in [0.2, 0.25) is 5.91 Å². The van der Waals surface area contributed by atoms with Crippen LogP contribution in [0.5, 0.6) is 0 Å². The van der Waals surface area contributed by atoms with Crippen molar-refractivity contribution in [3.8, 4) is 0 Å². The van der Waals surface area contributed by atoms with Crippen LogP contribution < -0.4 is 15.5 Å². The van der Waals surface area contributed by atoms with E-state index in [2.05, 4.69) is 15.5 Å². The number of amides is 3. The maximum Gasteiger partial charge on any atom is 0.313 e. The number of benzene rings is 1. The fourth-order valence-corrected chi connectivity index (χ4v) is 3.92. The Labute approximate surface area is 175 Å². The lowest BCUT2D eigenvalue weighted by Crippen LogP contribution is -2.48. The number of carbonyl (C=O) groups excluding carboxylic acids is 3. The average molecular weight is 423 g/mol. The van der Waals surface area contributed by atoms with Gasteiger partial charge in [-0.2, -0.15) is 0 Å². The van der Waals surface area contributed by atoms with Gasteiger partial charge in [0.25, 0.3) is 0 Å². The third-order valence-corrected chi connectivity index (χ3v) is 5.33. The molecular weight excluding hydrogens is 396 g/mol. The van der Waals surface area contributed by atoms with Crippen LogP contribution in [-0.2, 0) is 19.1 Å². The van der Waals surface area contributed by atoms with Crippen molar-refractivity contribution in [1.82, 2.24) is 10.2 Å². The zero-order chi connectivity index (χ0) is 21.0. The van der Waals surface area contributed by atoms with Crippen molar-refractivity contribution in [1.29, 1.82) is 0 Å². The Morgan fingerprint density at radius 3 is 2.59 bits per heavy atom. The predicted octanol–water partition coefficient (Wildman–Crippen LogP) is 1.63. The fraction of sp³-hybridized carbons (Fsp3) is 0.550. The first-order chi connectivity index (χ1) is 13.8. The molecular formula is C20H27ClN4O4.